The molecule has 1 unspecified atom stereocenters. The lowest BCUT2D eigenvalue weighted by Crippen LogP contribution is -2.37. The van der Waals surface area contributed by atoms with Gasteiger partial charge in [-0.05, 0) is 25.1 Å². The molecule has 0 aliphatic rings. The van der Waals surface area contributed by atoms with Gasteiger partial charge in [-0.15, -0.1) is 0 Å². The first-order valence-electron chi connectivity index (χ1n) is 5.47. The molecule has 0 amide bonds. The van der Waals surface area contributed by atoms with Crippen molar-refractivity contribution in [3.8, 4) is 0 Å². The van der Waals surface area contributed by atoms with E-state index in [0.29, 0.717) is 6.07 Å². The fourth-order valence-electron chi connectivity index (χ4n) is 1.40. The zero-order valence-corrected chi connectivity index (χ0v) is 11.5. The van der Waals surface area contributed by atoms with E-state index in [1.54, 1.807) is 0 Å². The van der Waals surface area contributed by atoms with Crippen LogP contribution in [0.5, 0.6) is 0 Å². The Bertz CT molecular complexity index is 586. The largest absolute Gasteiger partial charge is 0.419 e. The topological polar surface area (TPSA) is 57.6 Å². The van der Waals surface area contributed by atoms with Crippen LogP contribution in [0.4, 0.5) is 17.6 Å². The first kappa shape index (κ1) is 16.9. The van der Waals surface area contributed by atoms with Crippen LogP contribution < -0.4 is 0 Å². The number of benzene rings is 1. The molecule has 1 aromatic rings. The van der Waals surface area contributed by atoms with Crippen molar-refractivity contribution in [2.45, 2.75) is 24.0 Å². The molecule has 1 rings (SSSR count). The Morgan fingerprint density at radius 3 is 2.35 bits per heavy atom. The zero-order valence-electron chi connectivity index (χ0n) is 10.6. The quantitative estimate of drug-likeness (QED) is 0.863. The molecule has 0 aromatic heterocycles. The molecule has 4 nitrogen and oxygen atoms in total. The predicted molar refractivity (Wildman–Crippen MR) is 62.9 cm³/mol. The second-order valence-electron chi connectivity index (χ2n) is 4.19. The number of sulfonamides is 1. The summed E-state index contributed by atoms with van der Waals surface area (Å²) in [5, 5.41) is 8.90. The lowest BCUT2D eigenvalue weighted by Gasteiger charge is -2.23. The van der Waals surface area contributed by atoms with Crippen LogP contribution >= 0.6 is 0 Å². The van der Waals surface area contributed by atoms with E-state index in [1.807, 2.05) is 0 Å². The Morgan fingerprint density at radius 2 is 1.90 bits per heavy atom. The van der Waals surface area contributed by atoms with Crippen molar-refractivity contribution in [3.05, 3.63) is 29.6 Å². The van der Waals surface area contributed by atoms with Gasteiger partial charge in [-0.2, -0.15) is 17.5 Å². The molecule has 20 heavy (non-hydrogen) atoms. The molecular weight excluding hydrogens is 302 g/mol. The second kappa shape index (κ2) is 5.66. The van der Waals surface area contributed by atoms with Crippen LogP contribution in [-0.4, -0.2) is 37.5 Å². The third kappa shape index (κ3) is 3.28. The molecular formula is C11H13F4NO3S. The van der Waals surface area contributed by atoms with Gasteiger partial charge in [0.05, 0.1) is 17.1 Å². The molecule has 0 fully saturated rings. The van der Waals surface area contributed by atoms with Gasteiger partial charge in [0, 0.05) is 13.1 Å². The molecule has 0 heterocycles. The molecule has 0 saturated heterocycles. The molecule has 0 spiro atoms. The monoisotopic (exact) mass is 315 g/mol. The summed E-state index contributed by atoms with van der Waals surface area (Å²) >= 11 is 0. The number of hydrogen-bond acceptors (Lipinski definition) is 3. The second-order valence-corrected chi connectivity index (χ2v) is 6.19. The van der Waals surface area contributed by atoms with Gasteiger partial charge >= 0.3 is 6.18 Å². The minimum absolute atomic E-state index is 0.241. The van der Waals surface area contributed by atoms with Crippen LogP contribution in [0.15, 0.2) is 23.1 Å². The maximum absolute atomic E-state index is 13.1. The number of aliphatic hydroxyl groups excluding tert-OH is 1. The van der Waals surface area contributed by atoms with E-state index in [4.69, 9.17) is 5.11 Å². The maximum atomic E-state index is 13.1. The minimum Gasteiger partial charge on any atom is -0.395 e. The Morgan fingerprint density at radius 1 is 1.35 bits per heavy atom. The Balaban J connectivity index is 3.34. The fourth-order valence-corrected chi connectivity index (χ4v) is 2.78. The maximum Gasteiger partial charge on any atom is 0.419 e. The summed E-state index contributed by atoms with van der Waals surface area (Å²) in [6, 6.07) is 0.623. The summed E-state index contributed by atoms with van der Waals surface area (Å²) in [5.74, 6) is -1.55. The number of alkyl halides is 3. The van der Waals surface area contributed by atoms with Gasteiger partial charge in [-0.3, -0.25) is 0 Å². The first-order valence-corrected chi connectivity index (χ1v) is 6.91. The van der Waals surface area contributed by atoms with Crippen LogP contribution in [0.2, 0.25) is 0 Å². The molecule has 0 aliphatic carbocycles. The van der Waals surface area contributed by atoms with Crippen molar-refractivity contribution in [3.63, 3.8) is 0 Å². The predicted octanol–water partition coefficient (Wildman–Crippen LogP) is 1.85. The van der Waals surface area contributed by atoms with Crippen molar-refractivity contribution in [2.75, 3.05) is 13.7 Å². The Labute approximate surface area is 113 Å². The van der Waals surface area contributed by atoms with Gasteiger partial charge in [-0.25, -0.2) is 12.8 Å². The van der Waals surface area contributed by atoms with Crippen molar-refractivity contribution in [1.29, 1.82) is 0 Å². The average molecular weight is 315 g/mol. The first-order chi connectivity index (χ1) is 9.01. The van der Waals surface area contributed by atoms with E-state index in [-0.39, 0.29) is 6.07 Å². The minimum atomic E-state index is -4.99. The van der Waals surface area contributed by atoms with Crippen molar-refractivity contribution in [2.24, 2.45) is 0 Å². The molecule has 9 heteroatoms. The molecule has 114 valence electrons. The van der Waals surface area contributed by atoms with Crippen LogP contribution in [0.1, 0.15) is 12.5 Å². The smallest absolute Gasteiger partial charge is 0.395 e. The summed E-state index contributed by atoms with van der Waals surface area (Å²) < 4.78 is 75.6. The summed E-state index contributed by atoms with van der Waals surface area (Å²) in [6.45, 7) is 0.884. The molecule has 0 radical (unpaired) electrons. The van der Waals surface area contributed by atoms with E-state index in [1.165, 1.54) is 6.92 Å². The number of aliphatic hydroxyl groups is 1. The normalized spacial score (nSPS) is 14.6. The highest BCUT2D eigenvalue weighted by Crippen LogP contribution is 2.33. The van der Waals surface area contributed by atoms with Crippen LogP contribution in [0, 0.1) is 5.82 Å². The van der Waals surface area contributed by atoms with Crippen molar-refractivity contribution >= 4 is 10.0 Å². The lowest BCUT2D eigenvalue weighted by atomic mass is 10.2. The van der Waals surface area contributed by atoms with E-state index in [0.717, 1.165) is 17.4 Å². The van der Waals surface area contributed by atoms with Gasteiger partial charge < -0.3 is 5.11 Å². The Kier molecular flexibility index (Phi) is 4.78. The third-order valence-corrected chi connectivity index (χ3v) is 4.77. The van der Waals surface area contributed by atoms with Gasteiger partial charge in [0.1, 0.15) is 5.82 Å². The molecule has 1 N–H and O–H groups in total. The molecule has 1 aromatic carbocycles. The highest BCUT2D eigenvalue weighted by molar-refractivity contribution is 7.89. The van der Waals surface area contributed by atoms with Gasteiger partial charge in [0.15, 0.2) is 0 Å². The highest BCUT2D eigenvalue weighted by Gasteiger charge is 2.36. The van der Waals surface area contributed by atoms with E-state index in [2.05, 4.69) is 0 Å². The molecule has 0 bridgehead atoms. The standard InChI is InChI=1S/C11H13F4NO3S/c1-7(6-17)16(2)20(18,19)8-3-4-10(12)9(5-8)11(13,14)15/h3-5,7,17H,6H2,1-2H3. The van der Waals surface area contributed by atoms with E-state index < -0.39 is 45.1 Å². The highest BCUT2D eigenvalue weighted by atomic mass is 32.2. The van der Waals surface area contributed by atoms with Gasteiger partial charge in [0.2, 0.25) is 10.0 Å². The zero-order chi connectivity index (χ0) is 15.7. The lowest BCUT2D eigenvalue weighted by molar-refractivity contribution is -0.140. The van der Waals surface area contributed by atoms with Crippen LogP contribution in [0.3, 0.4) is 0 Å². The number of likely N-dealkylation sites (N-methyl/N-ethyl adjacent to an activating group) is 1. The Hall–Kier alpha value is -1.19. The third-order valence-electron chi connectivity index (χ3n) is 2.81. The SMILES string of the molecule is CC(CO)N(C)S(=O)(=O)c1ccc(F)c(C(F)(F)F)c1. The summed E-state index contributed by atoms with van der Waals surface area (Å²) in [5.41, 5.74) is -1.65. The number of rotatable bonds is 4. The van der Waals surface area contributed by atoms with Crippen molar-refractivity contribution in [1.82, 2.24) is 4.31 Å². The van der Waals surface area contributed by atoms with E-state index >= 15 is 0 Å². The summed E-state index contributed by atoms with van der Waals surface area (Å²) in [7, 11) is -3.13. The summed E-state index contributed by atoms with van der Waals surface area (Å²) in [6.07, 6.45) is -4.99. The van der Waals surface area contributed by atoms with Crippen LogP contribution in [-0.2, 0) is 16.2 Å². The average Bonchev–Trinajstić information content (AvgIpc) is 2.35. The molecule has 0 aliphatic heterocycles. The van der Waals surface area contributed by atoms with Crippen LogP contribution in [0.25, 0.3) is 0 Å². The molecule has 1 atom stereocenters. The van der Waals surface area contributed by atoms with Gasteiger partial charge in [0.25, 0.3) is 0 Å². The summed E-state index contributed by atoms with van der Waals surface area (Å²) in [4.78, 5) is -0.686. The number of hydrogen-bond donors (Lipinski definition) is 1. The van der Waals surface area contributed by atoms with Crippen molar-refractivity contribution < 1.29 is 31.1 Å². The fraction of sp³-hybridized carbons (Fsp3) is 0.455. The number of halogens is 4. The van der Waals surface area contributed by atoms with E-state index in [9.17, 15) is 26.0 Å². The number of nitrogens with zero attached hydrogens (tertiary/aromatic N) is 1. The molecule has 0 saturated carbocycles. The van der Waals surface area contributed by atoms with Gasteiger partial charge in [-0.1, -0.05) is 0 Å².